The Morgan fingerprint density at radius 3 is 0.901 bits per heavy atom. The van der Waals surface area contributed by atoms with Crippen molar-refractivity contribution in [3.8, 4) is 0 Å². The van der Waals surface area contributed by atoms with Crippen LogP contribution < -0.4 is 0 Å². The second-order valence-corrected chi connectivity index (χ2v) is 19.9. The minimum absolute atomic E-state index is 0.0855. The van der Waals surface area contributed by atoms with Gasteiger partial charge in [0.25, 0.3) is 0 Å². The third-order valence-electron chi connectivity index (χ3n) is 12.9. The molecule has 0 aromatic carbocycles. The van der Waals surface area contributed by atoms with Crippen LogP contribution in [0.5, 0.6) is 0 Å². The van der Waals surface area contributed by atoms with Gasteiger partial charge in [0, 0.05) is 19.3 Å². The van der Waals surface area contributed by atoms with E-state index in [0.29, 0.717) is 19.3 Å². The first-order valence-corrected chi connectivity index (χ1v) is 30.1. The van der Waals surface area contributed by atoms with Crippen LogP contribution in [0, 0.1) is 0 Å². The van der Waals surface area contributed by atoms with Gasteiger partial charge in [0.1, 0.15) is 13.2 Å². The van der Waals surface area contributed by atoms with Gasteiger partial charge in [-0.2, -0.15) is 0 Å². The van der Waals surface area contributed by atoms with Crippen molar-refractivity contribution in [3.63, 3.8) is 0 Å². The summed E-state index contributed by atoms with van der Waals surface area (Å²) in [7, 11) is 0. The van der Waals surface area contributed by atoms with Gasteiger partial charge in [-0.3, -0.25) is 14.4 Å². The average molecular weight is 990 g/mol. The number of esters is 3. The van der Waals surface area contributed by atoms with Crippen LogP contribution in [0.1, 0.15) is 290 Å². The van der Waals surface area contributed by atoms with Gasteiger partial charge in [0.05, 0.1) is 0 Å². The van der Waals surface area contributed by atoms with Gasteiger partial charge in [-0.25, -0.2) is 0 Å². The van der Waals surface area contributed by atoms with Crippen LogP contribution in [0.2, 0.25) is 0 Å². The monoisotopic (exact) mass is 989 g/mol. The highest BCUT2D eigenvalue weighted by atomic mass is 16.6. The zero-order valence-corrected chi connectivity index (χ0v) is 46.7. The molecule has 0 aliphatic carbocycles. The van der Waals surface area contributed by atoms with E-state index >= 15 is 0 Å². The molecule has 0 radical (unpaired) electrons. The topological polar surface area (TPSA) is 78.9 Å². The summed E-state index contributed by atoms with van der Waals surface area (Å²) in [6, 6.07) is 0. The van der Waals surface area contributed by atoms with E-state index in [9.17, 15) is 14.4 Å². The van der Waals surface area contributed by atoms with Crippen molar-refractivity contribution in [3.05, 3.63) is 85.1 Å². The first-order valence-electron chi connectivity index (χ1n) is 30.1. The van der Waals surface area contributed by atoms with Crippen molar-refractivity contribution in [1.82, 2.24) is 0 Å². The van der Waals surface area contributed by atoms with E-state index in [-0.39, 0.29) is 31.1 Å². The molecule has 0 spiro atoms. The van der Waals surface area contributed by atoms with E-state index in [1.54, 1.807) is 0 Å². The van der Waals surface area contributed by atoms with E-state index in [1.165, 1.54) is 148 Å². The molecule has 0 saturated carbocycles. The highest BCUT2D eigenvalue weighted by Gasteiger charge is 2.19. The predicted octanol–water partition coefficient (Wildman–Crippen LogP) is 20.3. The fourth-order valence-electron chi connectivity index (χ4n) is 8.34. The fourth-order valence-corrected chi connectivity index (χ4v) is 8.34. The summed E-state index contributed by atoms with van der Waals surface area (Å²) in [6.07, 6.45) is 77.2. The maximum Gasteiger partial charge on any atom is 0.306 e. The molecular weight excluding hydrogens is 877 g/mol. The molecule has 0 N–H and O–H groups in total. The van der Waals surface area contributed by atoms with Crippen LogP contribution in [-0.2, 0) is 28.6 Å². The second kappa shape index (κ2) is 59.2. The molecule has 0 saturated heterocycles. The molecule has 0 aromatic heterocycles. The molecule has 0 fully saturated rings. The summed E-state index contributed by atoms with van der Waals surface area (Å²) < 4.78 is 16.9. The normalized spacial score (nSPS) is 12.7. The first-order chi connectivity index (χ1) is 35.0. The lowest BCUT2D eigenvalue weighted by Gasteiger charge is -2.18. The Morgan fingerprint density at radius 2 is 0.549 bits per heavy atom. The lowest BCUT2D eigenvalue weighted by atomic mass is 10.1. The summed E-state index contributed by atoms with van der Waals surface area (Å²) >= 11 is 0. The molecule has 0 bridgehead atoms. The molecule has 1 atom stereocenters. The van der Waals surface area contributed by atoms with Crippen LogP contribution in [-0.4, -0.2) is 37.2 Å². The Balaban J connectivity index is 4.36. The van der Waals surface area contributed by atoms with Crippen molar-refractivity contribution in [2.24, 2.45) is 0 Å². The van der Waals surface area contributed by atoms with E-state index in [0.717, 1.165) is 103 Å². The van der Waals surface area contributed by atoms with Gasteiger partial charge in [-0.1, -0.05) is 241 Å². The highest BCUT2D eigenvalue weighted by molar-refractivity contribution is 5.71. The first kappa shape index (κ1) is 67.6. The lowest BCUT2D eigenvalue weighted by Crippen LogP contribution is -2.30. The Bertz CT molecular complexity index is 1370. The Kier molecular flexibility index (Phi) is 56.3. The SMILES string of the molecule is CC/C=C\C/C=C\C/C=C\C/C=C\C/C=C\CCCCCCCCCC(=O)OCC(COC(=O)CCCCCCC/C=C\CCCCC)OC(=O)CCCCCCCCC/C=C\CCCCCCCCC. The highest BCUT2D eigenvalue weighted by Crippen LogP contribution is 2.15. The summed E-state index contributed by atoms with van der Waals surface area (Å²) in [6.45, 7) is 6.50. The number of hydrogen-bond donors (Lipinski definition) is 0. The summed E-state index contributed by atoms with van der Waals surface area (Å²) in [4.78, 5) is 38.2. The second-order valence-electron chi connectivity index (χ2n) is 19.9. The number of unbranched alkanes of at least 4 members (excludes halogenated alkanes) is 29. The molecule has 0 amide bonds. The molecule has 0 aromatic rings. The quantitative estimate of drug-likeness (QED) is 0.0261. The minimum atomic E-state index is -0.787. The van der Waals surface area contributed by atoms with Gasteiger partial charge in [-0.05, 0) is 116 Å². The number of rotatable bonds is 54. The van der Waals surface area contributed by atoms with Crippen LogP contribution in [0.3, 0.4) is 0 Å². The molecule has 408 valence electrons. The lowest BCUT2D eigenvalue weighted by molar-refractivity contribution is -0.167. The predicted molar refractivity (Wildman–Crippen MR) is 307 cm³/mol. The summed E-state index contributed by atoms with van der Waals surface area (Å²) in [5.74, 6) is -0.902. The maximum atomic E-state index is 12.9. The largest absolute Gasteiger partial charge is 0.462 e. The Hall–Kier alpha value is -3.41. The third-order valence-corrected chi connectivity index (χ3v) is 12.9. The van der Waals surface area contributed by atoms with Crippen LogP contribution in [0.4, 0.5) is 0 Å². The van der Waals surface area contributed by atoms with Gasteiger partial charge in [-0.15, -0.1) is 0 Å². The van der Waals surface area contributed by atoms with E-state index in [4.69, 9.17) is 14.2 Å². The molecule has 0 aliphatic rings. The van der Waals surface area contributed by atoms with Crippen molar-refractivity contribution in [2.75, 3.05) is 13.2 Å². The maximum absolute atomic E-state index is 12.9. The zero-order chi connectivity index (χ0) is 51.4. The van der Waals surface area contributed by atoms with Crippen molar-refractivity contribution < 1.29 is 28.6 Å². The average Bonchev–Trinajstić information content (AvgIpc) is 3.37. The third kappa shape index (κ3) is 57.4. The van der Waals surface area contributed by atoms with E-state index in [1.807, 2.05) is 0 Å². The standard InChI is InChI=1S/C65H112O6/c1-4-7-10-13-16-19-22-25-27-29-31-32-33-34-35-37-38-40-43-46-49-52-55-58-64(67)70-61-62(60-69-63(66)57-54-51-48-45-42-24-21-18-15-12-9-6-3)71-65(68)59-56-53-50-47-44-41-39-36-30-28-26-23-20-17-14-11-8-5-2/h7,10,16,18-19,21,25,27-28,30-32,34-35,62H,4-6,8-9,11-15,17,20,22-24,26,29,33,36-61H2,1-3H3/b10-7-,19-16-,21-18-,27-25-,30-28-,32-31-,35-34-. The minimum Gasteiger partial charge on any atom is -0.462 e. The molecule has 0 heterocycles. The van der Waals surface area contributed by atoms with Crippen LogP contribution >= 0.6 is 0 Å². The molecule has 1 unspecified atom stereocenters. The number of allylic oxidation sites excluding steroid dienone is 14. The summed E-state index contributed by atoms with van der Waals surface area (Å²) in [5.41, 5.74) is 0. The molecule has 0 aliphatic heterocycles. The molecule has 6 nitrogen and oxygen atoms in total. The molecule has 0 rings (SSSR count). The van der Waals surface area contributed by atoms with Gasteiger partial charge < -0.3 is 14.2 Å². The van der Waals surface area contributed by atoms with Gasteiger partial charge >= 0.3 is 17.9 Å². The molecule has 71 heavy (non-hydrogen) atoms. The van der Waals surface area contributed by atoms with Crippen molar-refractivity contribution in [1.29, 1.82) is 0 Å². The Labute approximate surface area is 439 Å². The van der Waals surface area contributed by atoms with E-state index in [2.05, 4.69) is 106 Å². The molecule has 6 heteroatoms. The van der Waals surface area contributed by atoms with Crippen LogP contribution in [0.15, 0.2) is 85.1 Å². The number of ether oxygens (including phenoxy) is 3. The van der Waals surface area contributed by atoms with Gasteiger partial charge in [0.15, 0.2) is 6.10 Å². The van der Waals surface area contributed by atoms with Gasteiger partial charge in [0.2, 0.25) is 0 Å². The van der Waals surface area contributed by atoms with E-state index < -0.39 is 6.10 Å². The number of carbonyl (C=O) groups is 3. The van der Waals surface area contributed by atoms with Crippen LogP contribution in [0.25, 0.3) is 0 Å². The number of carbonyl (C=O) groups excluding carboxylic acids is 3. The smallest absolute Gasteiger partial charge is 0.306 e. The number of hydrogen-bond acceptors (Lipinski definition) is 6. The summed E-state index contributed by atoms with van der Waals surface area (Å²) in [5, 5.41) is 0. The molecular formula is C65H112O6. The zero-order valence-electron chi connectivity index (χ0n) is 46.7. The van der Waals surface area contributed by atoms with Crippen molar-refractivity contribution in [2.45, 2.75) is 297 Å². The fraction of sp³-hybridized carbons (Fsp3) is 0.738. The Morgan fingerprint density at radius 1 is 0.296 bits per heavy atom. The van der Waals surface area contributed by atoms with Crippen molar-refractivity contribution >= 4 is 17.9 Å².